The summed E-state index contributed by atoms with van der Waals surface area (Å²) in [5.74, 6) is 2.45. The Hall–Kier alpha value is -1.26. The average molecular weight is 339 g/mol. The minimum absolute atomic E-state index is 0.161. The molecule has 1 rings (SSSR count). The summed E-state index contributed by atoms with van der Waals surface area (Å²) in [5.41, 5.74) is 0. The molecule has 0 radical (unpaired) electrons. The lowest BCUT2D eigenvalue weighted by atomic mass is 9.93. The van der Waals surface area contributed by atoms with E-state index >= 15 is 0 Å². The number of carbonyl (C=O) groups excluding carboxylic acids is 1. The van der Waals surface area contributed by atoms with Crippen molar-refractivity contribution in [2.24, 2.45) is 16.8 Å². The van der Waals surface area contributed by atoms with E-state index < -0.39 is 0 Å². The summed E-state index contributed by atoms with van der Waals surface area (Å²) in [6, 6.07) is 0. The van der Waals surface area contributed by atoms with E-state index in [1.165, 1.54) is 32.1 Å². The highest BCUT2D eigenvalue weighted by Gasteiger charge is 2.23. The van der Waals surface area contributed by atoms with Crippen molar-refractivity contribution >= 4 is 11.9 Å². The third-order valence-corrected chi connectivity index (χ3v) is 5.09. The van der Waals surface area contributed by atoms with Crippen molar-refractivity contribution in [1.29, 1.82) is 0 Å². The molecule has 0 aromatic carbocycles. The first kappa shape index (κ1) is 20.8. The van der Waals surface area contributed by atoms with Crippen molar-refractivity contribution in [3.8, 4) is 0 Å². The van der Waals surface area contributed by atoms with Crippen LogP contribution >= 0.6 is 0 Å². The number of unbranched alkanes of at least 4 members (excludes halogenated alkanes) is 1. The molecular formula is C19H38N4O. The van der Waals surface area contributed by atoms with Crippen molar-refractivity contribution in [3.63, 3.8) is 0 Å². The molecule has 0 aromatic heterocycles. The average Bonchev–Trinajstić information content (AvgIpc) is 2.61. The lowest BCUT2D eigenvalue weighted by Gasteiger charge is -2.34. The number of piperidine rings is 1. The van der Waals surface area contributed by atoms with Gasteiger partial charge >= 0.3 is 0 Å². The first-order chi connectivity index (χ1) is 11.6. The summed E-state index contributed by atoms with van der Waals surface area (Å²) in [7, 11) is 3.59. The molecule has 0 aromatic rings. The van der Waals surface area contributed by atoms with Crippen molar-refractivity contribution in [1.82, 2.24) is 15.5 Å². The van der Waals surface area contributed by atoms with E-state index in [1.54, 1.807) is 7.05 Å². The standard InChI is InChI=1S/C19H38N4O/c1-5-7-9-17(8-6-2)15-22-19(21-4)23-12-10-16(11-13-23)14-18(24)20-3/h16-17H,5-15H2,1-4H3,(H,20,24)(H,21,22). The van der Waals surface area contributed by atoms with Gasteiger partial charge in [0.1, 0.15) is 0 Å². The number of nitrogens with zero attached hydrogens (tertiary/aromatic N) is 2. The second kappa shape index (κ2) is 12.2. The highest BCUT2D eigenvalue weighted by molar-refractivity contribution is 5.80. The van der Waals surface area contributed by atoms with Crippen LogP contribution in [0.5, 0.6) is 0 Å². The number of nitrogens with one attached hydrogen (secondary N) is 2. The number of likely N-dealkylation sites (tertiary alicyclic amines) is 1. The summed E-state index contributed by atoms with van der Waals surface area (Å²) in [5, 5.41) is 6.33. The fourth-order valence-electron chi connectivity index (χ4n) is 3.53. The molecule has 2 N–H and O–H groups in total. The fraction of sp³-hybridized carbons (Fsp3) is 0.895. The molecule has 1 aliphatic rings. The van der Waals surface area contributed by atoms with Crippen LogP contribution in [0.2, 0.25) is 0 Å². The smallest absolute Gasteiger partial charge is 0.220 e. The Morgan fingerprint density at radius 3 is 2.46 bits per heavy atom. The van der Waals surface area contributed by atoms with Crippen LogP contribution < -0.4 is 10.6 Å². The van der Waals surface area contributed by atoms with Gasteiger partial charge in [0.15, 0.2) is 5.96 Å². The molecule has 5 nitrogen and oxygen atoms in total. The Morgan fingerprint density at radius 2 is 1.92 bits per heavy atom. The van der Waals surface area contributed by atoms with Crippen LogP contribution in [0.1, 0.15) is 65.2 Å². The summed E-state index contributed by atoms with van der Waals surface area (Å²) in [6.45, 7) is 7.55. The maximum absolute atomic E-state index is 11.5. The molecule has 0 spiro atoms. The van der Waals surface area contributed by atoms with Crippen molar-refractivity contribution < 1.29 is 4.79 Å². The predicted octanol–water partition coefficient (Wildman–Crippen LogP) is 3.02. The molecule has 1 saturated heterocycles. The van der Waals surface area contributed by atoms with Gasteiger partial charge in [0.2, 0.25) is 5.91 Å². The number of amides is 1. The molecule has 5 heteroatoms. The normalized spacial score (nSPS) is 17.7. The zero-order valence-electron chi connectivity index (χ0n) is 16.2. The predicted molar refractivity (Wildman–Crippen MR) is 102 cm³/mol. The van der Waals surface area contributed by atoms with Crippen molar-refractivity contribution in [2.75, 3.05) is 33.7 Å². The maximum Gasteiger partial charge on any atom is 0.220 e. The minimum Gasteiger partial charge on any atom is -0.359 e. The molecule has 140 valence electrons. The van der Waals surface area contributed by atoms with Crippen LogP contribution in [-0.2, 0) is 4.79 Å². The Morgan fingerprint density at radius 1 is 1.21 bits per heavy atom. The van der Waals surface area contributed by atoms with E-state index in [1.807, 2.05) is 7.05 Å². The van der Waals surface area contributed by atoms with Gasteiger partial charge in [0.25, 0.3) is 0 Å². The van der Waals surface area contributed by atoms with Gasteiger partial charge in [-0.05, 0) is 37.5 Å². The number of hydrogen-bond acceptors (Lipinski definition) is 2. The van der Waals surface area contributed by atoms with Gasteiger partial charge in [-0.15, -0.1) is 0 Å². The number of guanidine groups is 1. The van der Waals surface area contributed by atoms with E-state index in [4.69, 9.17) is 0 Å². The fourth-order valence-corrected chi connectivity index (χ4v) is 3.53. The van der Waals surface area contributed by atoms with Gasteiger partial charge in [0.05, 0.1) is 0 Å². The van der Waals surface area contributed by atoms with Crippen LogP contribution in [0.25, 0.3) is 0 Å². The van der Waals surface area contributed by atoms with Gasteiger partial charge in [-0.25, -0.2) is 0 Å². The van der Waals surface area contributed by atoms with E-state index in [0.29, 0.717) is 12.3 Å². The summed E-state index contributed by atoms with van der Waals surface area (Å²) in [6.07, 6.45) is 9.24. The second-order valence-corrected chi connectivity index (χ2v) is 7.03. The summed E-state index contributed by atoms with van der Waals surface area (Å²) >= 11 is 0. The molecular weight excluding hydrogens is 300 g/mol. The van der Waals surface area contributed by atoms with Gasteiger partial charge in [0, 0.05) is 40.2 Å². The SMILES string of the molecule is CCCCC(CCC)CNC(=NC)N1CCC(CC(=O)NC)CC1. The maximum atomic E-state index is 11.5. The molecule has 0 aliphatic carbocycles. The molecule has 1 atom stereocenters. The lowest BCUT2D eigenvalue weighted by molar-refractivity contribution is -0.121. The molecule has 0 saturated carbocycles. The van der Waals surface area contributed by atoms with Crippen LogP contribution in [0.3, 0.4) is 0 Å². The topological polar surface area (TPSA) is 56.7 Å². The van der Waals surface area contributed by atoms with Gasteiger partial charge in [-0.3, -0.25) is 9.79 Å². The monoisotopic (exact) mass is 338 g/mol. The number of carbonyl (C=O) groups is 1. The summed E-state index contributed by atoms with van der Waals surface area (Å²) < 4.78 is 0. The molecule has 1 amide bonds. The van der Waals surface area contributed by atoms with Crippen molar-refractivity contribution in [3.05, 3.63) is 0 Å². The van der Waals surface area contributed by atoms with E-state index in [9.17, 15) is 4.79 Å². The zero-order chi connectivity index (χ0) is 17.8. The highest BCUT2D eigenvalue weighted by Crippen LogP contribution is 2.20. The van der Waals surface area contributed by atoms with Crippen LogP contribution in [0.15, 0.2) is 4.99 Å². The van der Waals surface area contributed by atoms with E-state index in [0.717, 1.165) is 44.4 Å². The van der Waals surface area contributed by atoms with Crippen LogP contribution in [0.4, 0.5) is 0 Å². The van der Waals surface area contributed by atoms with Gasteiger partial charge in [-0.1, -0.05) is 33.1 Å². The summed E-state index contributed by atoms with van der Waals surface area (Å²) in [4.78, 5) is 18.3. The van der Waals surface area contributed by atoms with E-state index in [-0.39, 0.29) is 5.91 Å². The molecule has 1 heterocycles. The Bertz CT molecular complexity index is 376. The number of hydrogen-bond donors (Lipinski definition) is 2. The minimum atomic E-state index is 0.161. The Balaban J connectivity index is 2.40. The van der Waals surface area contributed by atoms with Gasteiger partial charge < -0.3 is 15.5 Å². The van der Waals surface area contributed by atoms with Crippen LogP contribution in [0, 0.1) is 11.8 Å². The number of aliphatic imine (C=N–C) groups is 1. The molecule has 1 aliphatic heterocycles. The first-order valence-corrected chi connectivity index (χ1v) is 9.80. The Labute approximate surface area is 148 Å². The molecule has 0 bridgehead atoms. The van der Waals surface area contributed by atoms with Crippen LogP contribution in [-0.4, -0.2) is 50.5 Å². The third kappa shape index (κ3) is 7.54. The quantitative estimate of drug-likeness (QED) is 0.502. The number of rotatable bonds is 9. The highest BCUT2D eigenvalue weighted by atomic mass is 16.1. The largest absolute Gasteiger partial charge is 0.359 e. The van der Waals surface area contributed by atoms with E-state index in [2.05, 4.69) is 34.4 Å². The zero-order valence-corrected chi connectivity index (χ0v) is 16.2. The first-order valence-electron chi connectivity index (χ1n) is 9.80. The third-order valence-electron chi connectivity index (χ3n) is 5.09. The molecule has 24 heavy (non-hydrogen) atoms. The molecule has 1 unspecified atom stereocenters. The Kier molecular flexibility index (Phi) is 10.5. The lowest BCUT2D eigenvalue weighted by Crippen LogP contribution is -2.47. The van der Waals surface area contributed by atoms with Crippen molar-refractivity contribution in [2.45, 2.75) is 65.2 Å². The van der Waals surface area contributed by atoms with Gasteiger partial charge in [-0.2, -0.15) is 0 Å². The molecule has 1 fully saturated rings. The second-order valence-electron chi connectivity index (χ2n) is 7.03.